The fourth-order valence-corrected chi connectivity index (χ4v) is 10.4. The van der Waals surface area contributed by atoms with E-state index in [1.807, 2.05) is 54.6 Å². The number of sulfone groups is 1. The highest BCUT2D eigenvalue weighted by Gasteiger charge is 2.36. The van der Waals surface area contributed by atoms with Gasteiger partial charge in [-0.15, -0.1) is 0 Å². The van der Waals surface area contributed by atoms with E-state index in [0.29, 0.717) is 33.0 Å². The number of imidazole rings is 1. The van der Waals surface area contributed by atoms with E-state index in [9.17, 15) is 0 Å². The lowest BCUT2D eigenvalue weighted by Gasteiger charge is -2.25. The Morgan fingerprint density at radius 3 is 1.81 bits per heavy atom. The Labute approximate surface area is 312 Å². The molecule has 0 radical (unpaired) electrons. The topological polar surface area (TPSA) is 52.0 Å². The first-order valence-electron chi connectivity index (χ1n) is 18.0. The first-order valence-corrected chi connectivity index (χ1v) is 19.5. The van der Waals surface area contributed by atoms with Crippen molar-refractivity contribution in [2.24, 2.45) is 0 Å². The molecule has 1 aliphatic rings. The maximum atomic E-state index is 15.1. The van der Waals surface area contributed by atoms with Gasteiger partial charge in [0.25, 0.3) is 0 Å². The predicted molar refractivity (Wildman–Crippen MR) is 221 cm³/mol. The zero-order chi connectivity index (χ0) is 36.0. The van der Waals surface area contributed by atoms with Crippen LogP contribution >= 0.6 is 0 Å². The number of para-hydroxylation sites is 1. The summed E-state index contributed by atoms with van der Waals surface area (Å²) in [6.45, 7) is 0. The van der Waals surface area contributed by atoms with Gasteiger partial charge in [0.15, 0.2) is 0 Å². The molecule has 254 valence electrons. The molecule has 0 saturated carbocycles. The Morgan fingerprint density at radius 1 is 0.444 bits per heavy atom. The fourth-order valence-electron chi connectivity index (χ4n) is 8.57. The molecule has 0 N–H and O–H groups in total. The van der Waals surface area contributed by atoms with Crippen LogP contribution in [0, 0.1) is 0 Å². The minimum absolute atomic E-state index is 0.266. The number of rotatable bonds is 4. The molecule has 9 aromatic carbocycles. The Kier molecular flexibility index (Phi) is 6.61. The largest absolute Gasteiger partial charge is 0.290 e. The lowest BCUT2D eigenvalue weighted by atomic mass is 9.85. The van der Waals surface area contributed by atoms with Crippen LogP contribution in [-0.4, -0.2) is 18.0 Å². The van der Waals surface area contributed by atoms with Crippen LogP contribution in [0.1, 0.15) is 0 Å². The van der Waals surface area contributed by atoms with Crippen molar-refractivity contribution < 1.29 is 8.42 Å². The first-order chi connectivity index (χ1) is 26.6. The average molecular weight is 711 g/mol. The van der Waals surface area contributed by atoms with Gasteiger partial charge < -0.3 is 0 Å². The van der Waals surface area contributed by atoms with Gasteiger partial charge in [0.05, 0.1) is 21.6 Å². The summed E-state index contributed by atoms with van der Waals surface area (Å²) in [5.74, 6) is 0.708. The van der Waals surface area contributed by atoms with Gasteiger partial charge in [0.2, 0.25) is 9.84 Å². The van der Waals surface area contributed by atoms with Gasteiger partial charge in [-0.2, -0.15) is 0 Å². The van der Waals surface area contributed by atoms with Crippen LogP contribution in [0.2, 0.25) is 0 Å². The van der Waals surface area contributed by atoms with E-state index in [2.05, 4.69) is 120 Å². The van der Waals surface area contributed by atoms with Crippen LogP contribution in [0.4, 0.5) is 0 Å². The van der Waals surface area contributed by atoms with Crippen molar-refractivity contribution in [1.29, 1.82) is 0 Å². The molecular weight excluding hydrogens is 681 g/mol. The second-order valence-electron chi connectivity index (χ2n) is 13.9. The molecule has 0 atom stereocenters. The minimum Gasteiger partial charge on any atom is -0.290 e. The molecule has 54 heavy (non-hydrogen) atoms. The summed E-state index contributed by atoms with van der Waals surface area (Å²) in [4.78, 5) is 5.66. The van der Waals surface area contributed by atoms with E-state index in [1.54, 1.807) is 12.1 Å². The van der Waals surface area contributed by atoms with E-state index in [4.69, 9.17) is 4.98 Å². The van der Waals surface area contributed by atoms with E-state index in [0.717, 1.165) is 65.7 Å². The summed E-state index contributed by atoms with van der Waals surface area (Å²) in [6.07, 6.45) is 0. The molecule has 2 heterocycles. The smallest absolute Gasteiger partial charge is 0.211 e. The molecule has 0 unspecified atom stereocenters. The number of fused-ring (bicyclic) bond motifs is 5. The van der Waals surface area contributed by atoms with Gasteiger partial charge in [-0.1, -0.05) is 152 Å². The number of hydrogen-bond donors (Lipinski definition) is 0. The van der Waals surface area contributed by atoms with Gasteiger partial charge in [-0.05, 0) is 90.5 Å². The van der Waals surface area contributed by atoms with Crippen molar-refractivity contribution in [2.45, 2.75) is 9.79 Å². The molecule has 0 spiro atoms. The summed E-state index contributed by atoms with van der Waals surface area (Å²) in [7, 11) is -3.99. The standard InChI is InChI=1S/C49H30N2O2S/c52-54(53)44-26-12-24-42-47(44)51(49(50-42)36-28-27-32-15-4-5-16-33(32)30-36)43-25-11-23-41(48(43)54)46-39-21-8-6-19-37(39)45(38-20-7-9-22-40(38)46)35-18-10-17-34(29-35)31-13-2-1-3-14-31/h1-30H. The molecule has 0 aliphatic carbocycles. The van der Waals surface area contributed by atoms with Crippen molar-refractivity contribution in [3.05, 3.63) is 182 Å². The summed E-state index contributed by atoms with van der Waals surface area (Å²) in [6, 6.07) is 61.8. The minimum atomic E-state index is -3.99. The van der Waals surface area contributed by atoms with Crippen molar-refractivity contribution in [1.82, 2.24) is 9.55 Å². The van der Waals surface area contributed by atoms with Crippen LogP contribution in [-0.2, 0) is 9.84 Å². The molecule has 1 aromatic heterocycles. The maximum absolute atomic E-state index is 15.1. The molecule has 4 nitrogen and oxygen atoms in total. The Hall–Kier alpha value is -6.82. The molecule has 10 aromatic rings. The van der Waals surface area contributed by atoms with Gasteiger partial charge >= 0.3 is 0 Å². The van der Waals surface area contributed by atoms with Crippen LogP contribution in [0.5, 0.6) is 0 Å². The molecule has 0 bridgehead atoms. The number of aromatic nitrogens is 2. The fraction of sp³-hybridized carbons (Fsp3) is 0. The highest BCUT2D eigenvalue weighted by Crippen LogP contribution is 2.50. The first kappa shape index (κ1) is 30.8. The van der Waals surface area contributed by atoms with E-state index in [1.165, 1.54) is 0 Å². The zero-order valence-corrected chi connectivity index (χ0v) is 29.8. The molecular formula is C49H30N2O2S. The number of nitrogens with zero attached hydrogens (tertiary/aromatic N) is 2. The third kappa shape index (κ3) is 4.42. The molecule has 0 saturated heterocycles. The summed E-state index contributed by atoms with van der Waals surface area (Å²) in [5, 5.41) is 6.33. The second-order valence-corrected chi connectivity index (χ2v) is 15.8. The monoisotopic (exact) mass is 710 g/mol. The van der Waals surface area contributed by atoms with E-state index in [-0.39, 0.29) is 4.90 Å². The van der Waals surface area contributed by atoms with Crippen molar-refractivity contribution in [3.63, 3.8) is 0 Å². The molecule has 0 amide bonds. The van der Waals surface area contributed by atoms with Crippen LogP contribution in [0.15, 0.2) is 192 Å². The SMILES string of the molecule is O=S1(=O)c2c(-c3c4ccccc4c(-c4cccc(-c5ccccc5)c4)c4ccccc34)cccc2-n2c(-c3ccc4ccccc4c3)nc3cccc1c32. The lowest BCUT2D eigenvalue weighted by molar-refractivity contribution is 0.595. The summed E-state index contributed by atoms with van der Waals surface area (Å²) < 4.78 is 32.2. The number of hydrogen-bond acceptors (Lipinski definition) is 3. The summed E-state index contributed by atoms with van der Waals surface area (Å²) in [5.41, 5.74) is 8.86. The van der Waals surface area contributed by atoms with E-state index < -0.39 is 9.84 Å². The summed E-state index contributed by atoms with van der Waals surface area (Å²) >= 11 is 0. The Morgan fingerprint density at radius 2 is 1.06 bits per heavy atom. The van der Waals surface area contributed by atoms with Gasteiger partial charge in [0.1, 0.15) is 10.7 Å². The van der Waals surface area contributed by atoms with Gasteiger partial charge in [-0.25, -0.2) is 13.4 Å². The maximum Gasteiger partial charge on any atom is 0.211 e. The average Bonchev–Trinajstić information content (AvgIpc) is 3.62. The van der Waals surface area contributed by atoms with Crippen LogP contribution in [0.3, 0.4) is 0 Å². The van der Waals surface area contributed by atoms with Gasteiger partial charge in [-0.3, -0.25) is 4.57 Å². The molecule has 0 fully saturated rings. The third-order valence-corrected chi connectivity index (χ3v) is 12.8. The normalized spacial score (nSPS) is 13.1. The van der Waals surface area contributed by atoms with E-state index >= 15 is 8.42 Å². The van der Waals surface area contributed by atoms with Crippen molar-refractivity contribution >= 4 is 53.2 Å². The lowest BCUT2D eigenvalue weighted by Crippen LogP contribution is -2.16. The Balaban J connectivity index is 1.22. The molecule has 5 heteroatoms. The molecule has 11 rings (SSSR count). The second kappa shape index (κ2) is 11.6. The third-order valence-electron chi connectivity index (χ3n) is 10.9. The highest BCUT2D eigenvalue weighted by atomic mass is 32.2. The highest BCUT2D eigenvalue weighted by molar-refractivity contribution is 7.92. The van der Waals surface area contributed by atoms with Gasteiger partial charge in [0, 0.05) is 11.1 Å². The number of benzene rings is 9. The van der Waals surface area contributed by atoms with Crippen molar-refractivity contribution in [2.75, 3.05) is 0 Å². The molecule has 1 aliphatic heterocycles. The van der Waals surface area contributed by atoms with Crippen LogP contribution in [0.25, 0.3) is 93.8 Å². The quantitative estimate of drug-likeness (QED) is 0.171. The zero-order valence-electron chi connectivity index (χ0n) is 28.9. The Bertz CT molecular complexity index is 3230. The van der Waals surface area contributed by atoms with Crippen molar-refractivity contribution in [3.8, 4) is 50.5 Å². The van der Waals surface area contributed by atoms with Crippen LogP contribution < -0.4 is 0 Å². The predicted octanol–water partition coefficient (Wildman–Crippen LogP) is 12.3.